The molecule has 0 aliphatic carbocycles. The van der Waals surface area contributed by atoms with Gasteiger partial charge in [-0.1, -0.05) is 42.0 Å². The minimum absolute atomic E-state index is 0. The standard InChI is InChI=1S/C20H24N2.ClH/c1-15-8-9-16-13-17-6-3-4-7-19(17)22-11-5-10-21(2)14-20(22)18(16)12-15;/h3-4,6-9,12,20H,5,10-11,13-14H2,1-2H3;1H. The van der Waals surface area contributed by atoms with Crippen molar-refractivity contribution in [2.75, 3.05) is 31.6 Å². The zero-order chi connectivity index (χ0) is 15.1. The monoisotopic (exact) mass is 328 g/mol. The van der Waals surface area contributed by atoms with E-state index in [1.807, 2.05) is 0 Å². The normalized spacial score (nSPS) is 20.4. The molecule has 3 heteroatoms. The number of likely N-dealkylation sites (N-methyl/N-ethyl adjacent to an activating group) is 1. The van der Waals surface area contributed by atoms with Gasteiger partial charge in [0.25, 0.3) is 0 Å². The van der Waals surface area contributed by atoms with E-state index < -0.39 is 0 Å². The number of para-hydroxylation sites is 1. The Kier molecular flexibility index (Phi) is 4.65. The van der Waals surface area contributed by atoms with Crippen LogP contribution in [0.1, 0.15) is 34.7 Å². The molecule has 2 heterocycles. The van der Waals surface area contributed by atoms with Crippen LogP contribution in [0.2, 0.25) is 0 Å². The van der Waals surface area contributed by atoms with Crippen LogP contribution in [0.15, 0.2) is 42.5 Å². The molecule has 2 aromatic rings. The van der Waals surface area contributed by atoms with E-state index in [9.17, 15) is 0 Å². The lowest BCUT2D eigenvalue weighted by atomic mass is 9.95. The lowest BCUT2D eigenvalue weighted by molar-refractivity contribution is 0.333. The maximum absolute atomic E-state index is 2.66. The van der Waals surface area contributed by atoms with Crippen LogP contribution < -0.4 is 4.90 Å². The molecule has 0 amide bonds. The van der Waals surface area contributed by atoms with Gasteiger partial charge in [-0.25, -0.2) is 0 Å². The summed E-state index contributed by atoms with van der Waals surface area (Å²) in [5.41, 5.74) is 7.32. The van der Waals surface area contributed by atoms with Crippen molar-refractivity contribution in [1.29, 1.82) is 0 Å². The van der Waals surface area contributed by atoms with Crippen molar-refractivity contribution < 1.29 is 0 Å². The molecule has 2 nitrogen and oxygen atoms in total. The predicted molar refractivity (Wildman–Crippen MR) is 99.9 cm³/mol. The van der Waals surface area contributed by atoms with Crippen LogP contribution >= 0.6 is 12.4 Å². The summed E-state index contributed by atoms with van der Waals surface area (Å²) >= 11 is 0. The number of aryl methyl sites for hydroxylation is 1. The average molecular weight is 329 g/mol. The Morgan fingerprint density at radius 2 is 1.83 bits per heavy atom. The second-order valence-corrected chi connectivity index (χ2v) is 6.83. The zero-order valence-corrected chi connectivity index (χ0v) is 14.8. The summed E-state index contributed by atoms with van der Waals surface area (Å²) in [5.74, 6) is 0. The van der Waals surface area contributed by atoms with Crippen molar-refractivity contribution in [3.63, 3.8) is 0 Å². The first-order chi connectivity index (χ1) is 10.7. The molecule has 23 heavy (non-hydrogen) atoms. The number of nitrogens with zero attached hydrogens (tertiary/aromatic N) is 2. The van der Waals surface area contributed by atoms with Gasteiger partial charge in [0.2, 0.25) is 0 Å². The van der Waals surface area contributed by atoms with Crippen molar-refractivity contribution in [3.8, 4) is 0 Å². The Labute approximate surface area is 145 Å². The molecule has 0 saturated carbocycles. The smallest absolute Gasteiger partial charge is 0.0672 e. The number of anilines is 1. The molecule has 1 fully saturated rings. The minimum Gasteiger partial charge on any atom is -0.363 e. The molecule has 0 N–H and O–H groups in total. The SMILES string of the molecule is Cc1ccc2c(c1)C1CN(C)CCCN1c1ccccc1C2.Cl. The van der Waals surface area contributed by atoms with Crippen LogP contribution in [0.5, 0.6) is 0 Å². The summed E-state index contributed by atoms with van der Waals surface area (Å²) < 4.78 is 0. The average Bonchev–Trinajstić information content (AvgIpc) is 2.77. The van der Waals surface area contributed by atoms with Gasteiger partial charge in [-0.05, 0) is 56.1 Å². The van der Waals surface area contributed by atoms with Crippen molar-refractivity contribution in [2.45, 2.75) is 25.8 Å². The van der Waals surface area contributed by atoms with Crippen molar-refractivity contribution in [3.05, 3.63) is 64.7 Å². The summed E-state index contributed by atoms with van der Waals surface area (Å²) in [6.45, 7) is 5.67. The van der Waals surface area contributed by atoms with Crippen molar-refractivity contribution in [2.24, 2.45) is 0 Å². The first kappa shape index (κ1) is 16.4. The first-order valence-corrected chi connectivity index (χ1v) is 8.35. The molecule has 2 aliphatic heterocycles. The highest BCUT2D eigenvalue weighted by Crippen LogP contribution is 2.38. The van der Waals surface area contributed by atoms with Crippen LogP contribution in [0.25, 0.3) is 0 Å². The van der Waals surface area contributed by atoms with Gasteiger partial charge in [0.1, 0.15) is 0 Å². The molecule has 2 aliphatic rings. The summed E-state index contributed by atoms with van der Waals surface area (Å²) in [5, 5.41) is 0. The molecule has 0 aromatic heterocycles. The molecule has 2 aromatic carbocycles. The predicted octanol–water partition coefficient (Wildman–Crippen LogP) is 4.20. The van der Waals surface area contributed by atoms with E-state index in [1.54, 1.807) is 0 Å². The third-order valence-electron chi connectivity index (χ3n) is 5.14. The molecule has 0 radical (unpaired) electrons. The minimum atomic E-state index is 0. The number of rotatable bonds is 0. The lowest BCUT2D eigenvalue weighted by Crippen LogP contribution is -2.33. The Hall–Kier alpha value is -1.51. The summed E-state index contributed by atoms with van der Waals surface area (Å²) in [7, 11) is 2.26. The van der Waals surface area contributed by atoms with E-state index in [4.69, 9.17) is 0 Å². The van der Waals surface area contributed by atoms with Crippen LogP contribution in [0.3, 0.4) is 0 Å². The fourth-order valence-electron chi connectivity index (χ4n) is 4.04. The van der Waals surface area contributed by atoms with Gasteiger partial charge in [-0.15, -0.1) is 12.4 Å². The molecule has 4 rings (SSSR count). The van der Waals surface area contributed by atoms with Crippen molar-refractivity contribution >= 4 is 18.1 Å². The van der Waals surface area contributed by atoms with Gasteiger partial charge in [0, 0.05) is 18.8 Å². The van der Waals surface area contributed by atoms with E-state index in [-0.39, 0.29) is 12.4 Å². The van der Waals surface area contributed by atoms with Crippen molar-refractivity contribution in [1.82, 2.24) is 4.90 Å². The fourth-order valence-corrected chi connectivity index (χ4v) is 4.04. The Bertz CT molecular complexity index is 698. The molecule has 0 bridgehead atoms. The molecule has 1 saturated heterocycles. The third kappa shape index (κ3) is 2.98. The van der Waals surface area contributed by atoms with Crippen LogP contribution in [-0.4, -0.2) is 31.6 Å². The first-order valence-electron chi connectivity index (χ1n) is 8.35. The summed E-state index contributed by atoms with van der Waals surface area (Å²) in [6.07, 6.45) is 2.30. The zero-order valence-electron chi connectivity index (χ0n) is 14.0. The second-order valence-electron chi connectivity index (χ2n) is 6.83. The highest BCUT2D eigenvalue weighted by atomic mass is 35.5. The molecule has 0 spiro atoms. The van der Waals surface area contributed by atoms with E-state index >= 15 is 0 Å². The van der Waals surface area contributed by atoms with Crippen LogP contribution in [0, 0.1) is 6.92 Å². The Morgan fingerprint density at radius 3 is 2.70 bits per heavy atom. The van der Waals surface area contributed by atoms with Gasteiger partial charge in [-0.2, -0.15) is 0 Å². The lowest BCUT2D eigenvalue weighted by Gasteiger charge is -2.33. The Morgan fingerprint density at radius 1 is 1.00 bits per heavy atom. The van der Waals surface area contributed by atoms with Gasteiger partial charge in [0.15, 0.2) is 0 Å². The number of fused-ring (bicyclic) bond motifs is 5. The third-order valence-corrected chi connectivity index (χ3v) is 5.14. The topological polar surface area (TPSA) is 6.48 Å². The highest BCUT2D eigenvalue weighted by Gasteiger charge is 2.30. The maximum Gasteiger partial charge on any atom is 0.0672 e. The summed E-state index contributed by atoms with van der Waals surface area (Å²) in [4.78, 5) is 5.15. The van der Waals surface area contributed by atoms with E-state index in [0.717, 1.165) is 19.5 Å². The molecule has 1 unspecified atom stereocenters. The molecular formula is C20H25ClN2. The van der Waals surface area contributed by atoms with E-state index in [1.165, 1.54) is 40.9 Å². The van der Waals surface area contributed by atoms with Gasteiger partial charge in [-0.3, -0.25) is 0 Å². The second kappa shape index (κ2) is 6.54. The van der Waals surface area contributed by atoms with Gasteiger partial charge >= 0.3 is 0 Å². The number of hydrogen-bond acceptors (Lipinski definition) is 2. The van der Waals surface area contributed by atoms with Crippen LogP contribution in [-0.2, 0) is 6.42 Å². The quantitative estimate of drug-likeness (QED) is 0.715. The number of hydrogen-bond donors (Lipinski definition) is 0. The Balaban J connectivity index is 0.00000156. The fraction of sp³-hybridized carbons (Fsp3) is 0.400. The molecular weight excluding hydrogens is 304 g/mol. The van der Waals surface area contributed by atoms with Crippen LogP contribution in [0.4, 0.5) is 5.69 Å². The van der Waals surface area contributed by atoms with E-state index in [0.29, 0.717) is 6.04 Å². The highest BCUT2D eigenvalue weighted by molar-refractivity contribution is 5.85. The maximum atomic E-state index is 2.66. The number of benzene rings is 2. The van der Waals surface area contributed by atoms with Gasteiger partial charge in [0.05, 0.1) is 6.04 Å². The summed E-state index contributed by atoms with van der Waals surface area (Å²) in [6, 6.07) is 16.5. The van der Waals surface area contributed by atoms with Gasteiger partial charge < -0.3 is 9.80 Å². The number of halogens is 1. The van der Waals surface area contributed by atoms with E-state index in [2.05, 4.69) is 66.2 Å². The molecule has 1 atom stereocenters. The largest absolute Gasteiger partial charge is 0.363 e. The molecule has 122 valence electrons.